The normalized spacial score (nSPS) is 10.2. The largest absolute Gasteiger partial charge is 0.461 e. The molecule has 0 aliphatic rings. The molecular weight excluding hydrogens is 162 g/mol. The van der Waals surface area contributed by atoms with Crippen LogP contribution in [0, 0.1) is 18.3 Å². The Morgan fingerprint density at radius 3 is 3.08 bits per heavy atom. The molecular formula is C11H9NO. The standard InChI is InChI=1S/C11H9NO/c1-8-7-10-4-2-3-9(5-6-12)11(10)13-8/h2-4,7H,5H2,1H3. The van der Waals surface area contributed by atoms with E-state index in [0.29, 0.717) is 6.42 Å². The summed E-state index contributed by atoms with van der Waals surface area (Å²) in [6, 6.07) is 9.97. The molecule has 13 heavy (non-hydrogen) atoms. The summed E-state index contributed by atoms with van der Waals surface area (Å²) in [5.41, 5.74) is 1.81. The molecule has 64 valence electrons. The summed E-state index contributed by atoms with van der Waals surface area (Å²) in [4.78, 5) is 0. The first-order chi connectivity index (χ1) is 6.31. The van der Waals surface area contributed by atoms with Gasteiger partial charge in [0.2, 0.25) is 0 Å². The van der Waals surface area contributed by atoms with Crippen LogP contribution in [0.2, 0.25) is 0 Å². The molecule has 0 amide bonds. The van der Waals surface area contributed by atoms with Gasteiger partial charge < -0.3 is 4.42 Å². The molecule has 0 spiro atoms. The van der Waals surface area contributed by atoms with Gasteiger partial charge in [0.15, 0.2) is 0 Å². The van der Waals surface area contributed by atoms with Crippen molar-refractivity contribution in [2.45, 2.75) is 13.3 Å². The Hall–Kier alpha value is -1.75. The Morgan fingerprint density at radius 1 is 1.46 bits per heavy atom. The monoisotopic (exact) mass is 171 g/mol. The molecule has 0 saturated heterocycles. The second-order valence-electron chi connectivity index (χ2n) is 3.03. The van der Waals surface area contributed by atoms with Gasteiger partial charge in [0.1, 0.15) is 11.3 Å². The van der Waals surface area contributed by atoms with Crippen LogP contribution in [0.1, 0.15) is 11.3 Å². The number of rotatable bonds is 1. The predicted octanol–water partition coefficient (Wildman–Crippen LogP) is 2.81. The lowest BCUT2D eigenvalue weighted by Crippen LogP contribution is -1.80. The average molecular weight is 171 g/mol. The van der Waals surface area contributed by atoms with Crippen LogP contribution in [0.15, 0.2) is 28.7 Å². The van der Waals surface area contributed by atoms with Crippen LogP contribution in [0.5, 0.6) is 0 Å². The fourth-order valence-corrected chi connectivity index (χ4v) is 1.48. The van der Waals surface area contributed by atoms with Gasteiger partial charge in [-0.15, -0.1) is 0 Å². The Balaban J connectivity index is 2.69. The van der Waals surface area contributed by atoms with E-state index in [9.17, 15) is 0 Å². The van der Waals surface area contributed by atoms with Crippen LogP contribution in [0.25, 0.3) is 11.0 Å². The maximum absolute atomic E-state index is 8.59. The van der Waals surface area contributed by atoms with Gasteiger partial charge in [-0.3, -0.25) is 0 Å². The van der Waals surface area contributed by atoms with E-state index in [-0.39, 0.29) is 0 Å². The summed E-state index contributed by atoms with van der Waals surface area (Å²) in [5, 5.41) is 9.67. The van der Waals surface area contributed by atoms with Crippen LogP contribution < -0.4 is 0 Å². The van der Waals surface area contributed by atoms with Gasteiger partial charge in [0.25, 0.3) is 0 Å². The second kappa shape index (κ2) is 2.95. The fraction of sp³-hybridized carbons (Fsp3) is 0.182. The highest BCUT2D eigenvalue weighted by atomic mass is 16.3. The number of aryl methyl sites for hydroxylation is 1. The molecule has 0 N–H and O–H groups in total. The molecule has 0 atom stereocenters. The van der Waals surface area contributed by atoms with Gasteiger partial charge in [0.05, 0.1) is 12.5 Å². The van der Waals surface area contributed by atoms with Crippen molar-refractivity contribution < 1.29 is 4.42 Å². The van der Waals surface area contributed by atoms with Crippen molar-refractivity contribution in [2.75, 3.05) is 0 Å². The van der Waals surface area contributed by atoms with Crippen LogP contribution >= 0.6 is 0 Å². The first-order valence-corrected chi connectivity index (χ1v) is 4.16. The second-order valence-corrected chi connectivity index (χ2v) is 3.03. The van der Waals surface area contributed by atoms with Crippen molar-refractivity contribution in [3.8, 4) is 6.07 Å². The average Bonchev–Trinajstić information content (AvgIpc) is 2.47. The van der Waals surface area contributed by atoms with Gasteiger partial charge in [-0.25, -0.2) is 0 Å². The Labute approximate surface area is 76.4 Å². The predicted molar refractivity (Wildman–Crippen MR) is 50.3 cm³/mol. The Kier molecular flexibility index (Phi) is 1.79. The van der Waals surface area contributed by atoms with Crippen LogP contribution in [0.3, 0.4) is 0 Å². The molecule has 0 saturated carbocycles. The number of nitriles is 1. The number of nitrogens with zero attached hydrogens (tertiary/aromatic N) is 1. The molecule has 2 heteroatoms. The van der Waals surface area contributed by atoms with Gasteiger partial charge in [-0.1, -0.05) is 18.2 Å². The topological polar surface area (TPSA) is 36.9 Å². The summed E-state index contributed by atoms with van der Waals surface area (Å²) in [5.74, 6) is 0.889. The minimum atomic E-state index is 0.407. The first-order valence-electron chi connectivity index (χ1n) is 4.16. The molecule has 0 fully saturated rings. The first kappa shape index (κ1) is 7.88. The molecule has 0 bridgehead atoms. The molecule has 1 heterocycles. The Morgan fingerprint density at radius 2 is 2.31 bits per heavy atom. The van der Waals surface area contributed by atoms with Gasteiger partial charge in [0, 0.05) is 10.9 Å². The van der Waals surface area contributed by atoms with Crippen molar-refractivity contribution in [3.05, 3.63) is 35.6 Å². The quantitative estimate of drug-likeness (QED) is 0.661. The third-order valence-corrected chi connectivity index (χ3v) is 2.02. The lowest BCUT2D eigenvalue weighted by atomic mass is 10.1. The molecule has 0 aliphatic carbocycles. The molecule has 1 aromatic carbocycles. The summed E-state index contributed by atoms with van der Waals surface area (Å²) >= 11 is 0. The van der Waals surface area contributed by atoms with Crippen molar-refractivity contribution in [2.24, 2.45) is 0 Å². The fourth-order valence-electron chi connectivity index (χ4n) is 1.48. The zero-order valence-electron chi connectivity index (χ0n) is 7.37. The number of para-hydroxylation sites is 1. The summed E-state index contributed by atoms with van der Waals surface area (Å²) in [7, 11) is 0. The van der Waals surface area contributed by atoms with E-state index < -0.39 is 0 Å². The van der Waals surface area contributed by atoms with Crippen molar-refractivity contribution in [3.63, 3.8) is 0 Å². The SMILES string of the molecule is Cc1cc2cccc(CC#N)c2o1. The van der Waals surface area contributed by atoms with Crippen LogP contribution in [-0.2, 0) is 6.42 Å². The number of fused-ring (bicyclic) bond motifs is 1. The van der Waals surface area contributed by atoms with Crippen LogP contribution in [0.4, 0.5) is 0 Å². The number of hydrogen-bond donors (Lipinski definition) is 0. The van der Waals surface area contributed by atoms with Gasteiger partial charge in [-0.05, 0) is 13.0 Å². The lowest BCUT2D eigenvalue weighted by molar-refractivity contribution is 0.575. The minimum Gasteiger partial charge on any atom is -0.461 e. The van der Waals surface area contributed by atoms with Crippen molar-refractivity contribution in [1.29, 1.82) is 5.26 Å². The lowest BCUT2D eigenvalue weighted by Gasteiger charge is -1.94. The van der Waals surface area contributed by atoms with E-state index in [4.69, 9.17) is 9.68 Å². The van der Waals surface area contributed by atoms with E-state index in [1.54, 1.807) is 0 Å². The Bertz CT molecular complexity index is 476. The van der Waals surface area contributed by atoms with Crippen LogP contribution in [-0.4, -0.2) is 0 Å². The highest BCUT2D eigenvalue weighted by Crippen LogP contribution is 2.22. The molecule has 2 aromatic rings. The highest BCUT2D eigenvalue weighted by molar-refractivity contribution is 5.81. The van der Waals surface area contributed by atoms with Crippen molar-refractivity contribution >= 4 is 11.0 Å². The minimum absolute atomic E-state index is 0.407. The summed E-state index contributed by atoms with van der Waals surface area (Å²) in [6.07, 6.45) is 0.407. The maximum Gasteiger partial charge on any atom is 0.138 e. The maximum atomic E-state index is 8.59. The van der Waals surface area contributed by atoms with E-state index in [1.807, 2.05) is 31.2 Å². The summed E-state index contributed by atoms with van der Waals surface area (Å²) < 4.78 is 5.50. The zero-order chi connectivity index (χ0) is 9.26. The number of hydrogen-bond acceptors (Lipinski definition) is 2. The molecule has 2 nitrogen and oxygen atoms in total. The van der Waals surface area contributed by atoms with E-state index >= 15 is 0 Å². The van der Waals surface area contributed by atoms with Gasteiger partial charge in [-0.2, -0.15) is 5.26 Å². The van der Waals surface area contributed by atoms with E-state index in [0.717, 1.165) is 22.3 Å². The zero-order valence-corrected chi connectivity index (χ0v) is 7.37. The van der Waals surface area contributed by atoms with E-state index in [2.05, 4.69) is 6.07 Å². The number of benzene rings is 1. The molecule has 0 aliphatic heterocycles. The molecule has 1 aromatic heterocycles. The van der Waals surface area contributed by atoms with Gasteiger partial charge >= 0.3 is 0 Å². The highest BCUT2D eigenvalue weighted by Gasteiger charge is 2.04. The third kappa shape index (κ3) is 1.29. The summed E-state index contributed by atoms with van der Waals surface area (Å²) in [6.45, 7) is 1.91. The third-order valence-electron chi connectivity index (χ3n) is 2.02. The number of furan rings is 1. The van der Waals surface area contributed by atoms with Crippen molar-refractivity contribution in [1.82, 2.24) is 0 Å². The molecule has 0 unspecified atom stereocenters. The molecule has 0 radical (unpaired) electrons. The van der Waals surface area contributed by atoms with E-state index in [1.165, 1.54) is 0 Å². The smallest absolute Gasteiger partial charge is 0.138 e. The molecule has 2 rings (SSSR count).